The molecule has 2 fully saturated rings. The van der Waals surface area contributed by atoms with Crippen LogP contribution in [0.15, 0.2) is 18.2 Å². The number of benzene rings is 1. The van der Waals surface area contributed by atoms with Crippen molar-refractivity contribution >= 4 is 5.91 Å². The smallest absolute Gasteiger partial charge is 0.251 e. The maximum Gasteiger partial charge on any atom is 0.251 e. The number of hydrogen-bond donors (Lipinski definition) is 1. The van der Waals surface area contributed by atoms with Gasteiger partial charge in [-0.2, -0.15) is 0 Å². The second-order valence-corrected chi connectivity index (χ2v) is 6.26. The standard InChI is InChI=1S/C17H24N2O4/c1-11-8-19-9-13(6-14(19)10-23-11)18-17(20)12-4-15(21-2)7-16(5-12)22-3/h4-5,7,11,13-14H,6,8-10H2,1-3H3,(H,18,20)/t11-,13-,14-/m0/s1. The molecule has 2 aliphatic heterocycles. The first-order valence-electron chi connectivity index (χ1n) is 7.98. The highest BCUT2D eigenvalue weighted by Gasteiger charge is 2.36. The van der Waals surface area contributed by atoms with Gasteiger partial charge in [-0.1, -0.05) is 0 Å². The fourth-order valence-electron chi connectivity index (χ4n) is 3.35. The number of methoxy groups -OCH3 is 2. The molecule has 23 heavy (non-hydrogen) atoms. The molecular weight excluding hydrogens is 296 g/mol. The van der Waals surface area contributed by atoms with Crippen LogP contribution in [0.1, 0.15) is 23.7 Å². The predicted octanol–water partition coefficient (Wildman–Crippen LogP) is 1.30. The number of carbonyl (C=O) groups is 1. The van der Waals surface area contributed by atoms with E-state index in [2.05, 4.69) is 17.1 Å². The largest absolute Gasteiger partial charge is 0.497 e. The van der Waals surface area contributed by atoms with E-state index >= 15 is 0 Å². The third-order valence-corrected chi connectivity index (χ3v) is 4.54. The van der Waals surface area contributed by atoms with Gasteiger partial charge in [0.2, 0.25) is 0 Å². The van der Waals surface area contributed by atoms with Gasteiger partial charge in [-0.25, -0.2) is 0 Å². The molecule has 6 nitrogen and oxygen atoms in total. The molecule has 0 radical (unpaired) electrons. The minimum absolute atomic E-state index is 0.0963. The number of amides is 1. The summed E-state index contributed by atoms with van der Waals surface area (Å²) in [5.41, 5.74) is 0.552. The van der Waals surface area contributed by atoms with Crippen LogP contribution in [0.5, 0.6) is 11.5 Å². The number of rotatable bonds is 4. The minimum Gasteiger partial charge on any atom is -0.497 e. The quantitative estimate of drug-likeness (QED) is 0.906. The van der Waals surface area contributed by atoms with Crippen molar-refractivity contribution in [2.45, 2.75) is 31.5 Å². The first-order chi connectivity index (χ1) is 11.1. The molecule has 0 spiro atoms. The highest BCUT2D eigenvalue weighted by atomic mass is 16.5. The van der Waals surface area contributed by atoms with Gasteiger partial charge in [0.1, 0.15) is 11.5 Å². The lowest BCUT2D eigenvalue weighted by molar-refractivity contribution is -0.0390. The van der Waals surface area contributed by atoms with E-state index < -0.39 is 0 Å². The van der Waals surface area contributed by atoms with E-state index in [1.54, 1.807) is 32.4 Å². The zero-order valence-electron chi connectivity index (χ0n) is 13.9. The number of morpholine rings is 1. The highest BCUT2D eigenvalue weighted by Crippen LogP contribution is 2.25. The lowest BCUT2D eigenvalue weighted by atomic mass is 10.1. The summed E-state index contributed by atoms with van der Waals surface area (Å²) in [5, 5.41) is 3.12. The molecule has 0 saturated carbocycles. The molecule has 0 unspecified atom stereocenters. The summed E-state index contributed by atoms with van der Waals surface area (Å²) in [6, 6.07) is 5.78. The van der Waals surface area contributed by atoms with Gasteiger partial charge in [-0.05, 0) is 25.5 Å². The van der Waals surface area contributed by atoms with Crippen LogP contribution in [0, 0.1) is 0 Å². The monoisotopic (exact) mass is 320 g/mol. The van der Waals surface area contributed by atoms with Crippen LogP contribution in [0.4, 0.5) is 0 Å². The van der Waals surface area contributed by atoms with E-state index in [4.69, 9.17) is 14.2 Å². The molecule has 3 rings (SSSR count). The topological polar surface area (TPSA) is 60.0 Å². The molecule has 6 heteroatoms. The molecule has 126 valence electrons. The molecule has 0 aromatic heterocycles. The second-order valence-electron chi connectivity index (χ2n) is 6.26. The normalized spacial score (nSPS) is 27.3. The summed E-state index contributed by atoms with van der Waals surface area (Å²) in [5.74, 6) is 1.13. The molecule has 1 aromatic rings. The van der Waals surface area contributed by atoms with Gasteiger partial charge in [0.15, 0.2) is 0 Å². The molecule has 1 aromatic carbocycles. The number of ether oxygens (including phenoxy) is 3. The zero-order chi connectivity index (χ0) is 16.4. The van der Waals surface area contributed by atoms with Gasteiger partial charge in [0, 0.05) is 36.8 Å². The Morgan fingerprint density at radius 3 is 2.57 bits per heavy atom. The molecule has 1 amide bonds. The molecule has 3 atom stereocenters. The van der Waals surface area contributed by atoms with E-state index in [0.29, 0.717) is 23.1 Å². The number of carbonyl (C=O) groups excluding carboxylic acids is 1. The van der Waals surface area contributed by atoms with Gasteiger partial charge in [0.25, 0.3) is 5.91 Å². The molecule has 0 aliphatic carbocycles. The fraction of sp³-hybridized carbons (Fsp3) is 0.588. The Morgan fingerprint density at radius 1 is 1.22 bits per heavy atom. The zero-order valence-corrected chi connectivity index (χ0v) is 13.9. The van der Waals surface area contributed by atoms with Gasteiger partial charge in [-0.3, -0.25) is 9.69 Å². The summed E-state index contributed by atoms with van der Waals surface area (Å²) >= 11 is 0. The molecule has 0 bridgehead atoms. The highest BCUT2D eigenvalue weighted by molar-refractivity contribution is 5.95. The maximum atomic E-state index is 12.5. The summed E-state index contributed by atoms with van der Waals surface area (Å²) < 4.78 is 16.1. The van der Waals surface area contributed by atoms with Crippen molar-refractivity contribution in [2.24, 2.45) is 0 Å². The molecular formula is C17H24N2O4. The van der Waals surface area contributed by atoms with Crippen LogP contribution in [-0.4, -0.2) is 62.9 Å². The van der Waals surface area contributed by atoms with Crippen LogP contribution in [0.3, 0.4) is 0 Å². The van der Waals surface area contributed by atoms with Gasteiger partial charge in [-0.15, -0.1) is 0 Å². The molecule has 2 aliphatic rings. The third-order valence-electron chi connectivity index (χ3n) is 4.54. The van der Waals surface area contributed by atoms with Gasteiger partial charge in [0.05, 0.1) is 26.9 Å². The Balaban J connectivity index is 1.65. The summed E-state index contributed by atoms with van der Waals surface area (Å²) in [6.45, 7) is 4.65. The van der Waals surface area contributed by atoms with Crippen molar-refractivity contribution in [3.05, 3.63) is 23.8 Å². The van der Waals surface area contributed by atoms with Crippen molar-refractivity contribution in [1.29, 1.82) is 0 Å². The van der Waals surface area contributed by atoms with Gasteiger partial charge < -0.3 is 19.5 Å². The Hall–Kier alpha value is -1.79. The minimum atomic E-state index is -0.0963. The number of hydrogen-bond acceptors (Lipinski definition) is 5. The average molecular weight is 320 g/mol. The van der Waals surface area contributed by atoms with Crippen LogP contribution < -0.4 is 14.8 Å². The fourth-order valence-corrected chi connectivity index (χ4v) is 3.35. The van der Waals surface area contributed by atoms with E-state index in [-0.39, 0.29) is 18.1 Å². The Bertz CT molecular complexity index is 555. The third kappa shape index (κ3) is 3.59. The van der Waals surface area contributed by atoms with Crippen molar-refractivity contribution in [3.8, 4) is 11.5 Å². The first-order valence-corrected chi connectivity index (χ1v) is 7.98. The number of fused-ring (bicyclic) bond motifs is 1. The lowest BCUT2D eigenvalue weighted by Gasteiger charge is -2.33. The van der Waals surface area contributed by atoms with E-state index in [9.17, 15) is 4.79 Å². The Labute approximate surface area is 136 Å². The van der Waals surface area contributed by atoms with Crippen LogP contribution in [0.25, 0.3) is 0 Å². The van der Waals surface area contributed by atoms with Crippen molar-refractivity contribution in [1.82, 2.24) is 10.2 Å². The van der Waals surface area contributed by atoms with E-state index in [1.165, 1.54) is 0 Å². The van der Waals surface area contributed by atoms with Crippen molar-refractivity contribution in [3.63, 3.8) is 0 Å². The number of nitrogens with one attached hydrogen (secondary N) is 1. The van der Waals surface area contributed by atoms with Crippen molar-refractivity contribution in [2.75, 3.05) is 33.9 Å². The summed E-state index contributed by atoms with van der Waals surface area (Å²) in [7, 11) is 3.15. The van der Waals surface area contributed by atoms with Crippen LogP contribution >= 0.6 is 0 Å². The average Bonchev–Trinajstić information content (AvgIpc) is 2.95. The van der Waals surface area contributed by atoms with Gasteiger partial charge >= 0.3 is 0 Å². The van der Waals surface area contributed by atoms with E-state index in [1.807, 2.05) is 0 Å². The summed E-state index contributed by atoms with van der Waals surface area (Å²) in [4.78, 5) is 14.9. The molecule has 2 saturated heterocycles. The second kappa shape index (κ2) is 6.76. The predicted molar refractivity (Wildman–Crippen MR) is 86.2 cm³/mol. The summed E-state index contributed by atoms with van der Waals surface area (Å²) in [6.07, 6.45) is 1.20. The lowest BCUT2D eigenvalue weighted by Crippen LogP contribution is -2.45. The Morgan fingerprint density at radius 2 is 1.91 bits per heavy atom. The van der Waals surface area contributed by atoms with E-state index in [0.717, 1.165) is 26.1 Å². The van der Waals surface area contributed by atoms with Crippen molar-refractivity contribution < 1.29 is 19.0 Å². The molecule has 2 heterocycles. The first kappa shape index (κ1) is 16.1. The Kier molecular flexibility index (Phi) is 4.73. The van der Waals surface area contributed by atoms with Crippen LogP contribution in [-0.2, 0) is 4.74 Å². The maximum absolute atomic E-state index is 12.5. The molecule has 1 N–H and O–H groups in total. The van der Waals surface area contributed by atoms with Crippen LogP contribution in [0.2, 0.25) is 0 Å². The SMILES string of the molecule is COc1cc(OC)cc(C(=O)N[C@H]2C[C@H]3CO[C@@H](C)CN3C2)c1. The number of nitrogens with zero attached hydrogens (tertiary/aromatic N) is 1.